The van der Waals surface area contributed by atoms with E-state index >= 15 is 0 Å². The van der Waals surface area contributed by atoms with E-state index in [4.69, 9.17) is 23.7 Å². The highest BCUT2D eigenvalue weighted by Gasteiger charge is 2.22. The van der Waals surface area contributed by atoms with E-state index in [1.54, 1.807) is 21.3 Å². The van der Waals surface area contributed by atoms with Crippen molar-refractivity contribution in [2.75, 3.05) is 34.7 Å². The number of methoxy groups -OCH3 is 3. The predicted molar refractivity (Wildman–Crippen MR) is 122 cm³/mol. The van der Waals surface area contributed by atoms with Crippen LogP contribution in [0.4, 0.5) is 0 Å². The highest BCUT2D eigenvalue weighted by atomic mass is 16.7. The Morgan fingerprint density at radius 1 is 0.812 bits per heavy atom. The second kappa shape index (κ2) is 10.3. The third-order valence-electron chi connectivity index (χ3n) is 5.80. The van der Waals surface area contributed by atoms with E-state index in [0.717, 1.165) is 48.3 Å². The van der Waals surface area contributed by atoms with E-state index in [9.17, 15) is 0 Å². The van der Waals surface area contributed by atoms with Gasteiger partial charge in [-0.15, -0.1) is 0 Å². The van der Waals surface area contributed by atoms with Crippen LogP contribution in [0.5, 0.6) is 28.7 Å². The molecule has 0 aliphatic carbocycles. The lowest BCUT2D eigenvalue weighted by Gasteiger charge is -2.20. The minimum atomic E-state index is 0.183. The summed E-state index contributed by atoms with van der Waals surface area (Å²) in [6, 6.07) is 20.5. The zero-order valence-electron chi connectivity index (χ0n) is 18.8. The van der Waals surface area contributed by atoms with Gasteiger partial charge in [-0.25, -0.2) is 0 Å². The van der Waals surface area contributed by atoms with Crippen molar-refractivity contribution >= 4 is 0 Å². The van der Waals surface area contributed by atoms with Crippen LogP contribution in [0.25, 0.3) is 0 Å². The first-order valence-corrected chi connectivity index (χ1v) is 10.8. The van der Waals surface area contributed by atoms with Crippen LogP contribution >= 0.6 is 0 Å². The second-order valence-electron chi connectivity index (χ2n) is 7.67. The Bertz CT molecular complexity index is 1050. The number of benzene rings is 3. The molecule has 168 valence electrons. The molecule has 0 saturated carbocycles. The van der Waals surface area contributed by atoms with Crippen LogP contribution in [0.15, 0.2) is 60.7 Å². The highest BCUT2D eigenvalue weighted by Crippen LogP contribution is 2.39. The van der Waals surface area contributed by atoms with Crippen molar-refractivity contribution in [2.45, 2.75) is 18.9 Å². The van der Waals surface area contributed by atoms with Gasteiger partial charge in [-0.05, 0) is 42.0 Å². The Balaban J connectivity index is 1.49. The molecule has 4 rings (SSSR count). The molecule has 0 saturated heterocycles. The summed E-state index contributed by atoms with van der Waals surface area (Å²) < 4.78 is 27.5. The van der Waals surface area contributed by atoms with Gasteiger partial charge in [-0.3, -0.25) is 0 Å². The molecule has 3 aromatic rings. The first-order chi connectivity index (χ1) is 15.7. The normalized spacial score (nSPS) is 13.0. The Morgan fingerprint density at radius 3 is 2.41 bits per heavy atom. The van der Waals surface area contributed by atoms with E-state index < -0.39 is 0 Å². The zero-order chi connectivity index (χ0) is 22.3. The average molecular weight is 437 g/mol. The molecule has 0 radical (unpaired) electrons. The smallest absolute Gasteiger partial charge is 0.231 e. The van der Waals surface area contributed by atoms with Crippen LogP contribution in [0.3, 0.4) is 0 Å². The molecule has 1 aliphatic rings. The van der Waals surface area contributed by atoms with Gasteiger partial charge in [0.2, 0.25) is 6.79 Å². The molecule has 0 unspecified atom stereocenters. The summed E-state index contributed by atoms with van der Waals surface area (Å²) >= 11 is 0. The lowest BCUT2D eigenvalue weighted by Crippen LogP contribution is -2.82. The molecule has 32 heavy (non-hydrogen) atoms. The van der Waals surface area contributed by atoms with E-state index in [-0.39, 0.29) is 12.7 Å². The fourth-order valence-electron chi connectivity index (χ4n) is 4.15. The predicted octanol–water partition coefficient (Wildman–Crippen LogP) is 3.73. The van der Waals surface area contributed by atoms with Crippen LogP contribution in [0.2, 0.25) is 0 Å². The molecular formula is C26H30NO5+. The summed E-state index contributed by atoms with van der Waals surface area (Å²) in [5, 5.41) is 2.32. The Labute approximate surface area is 189 Å². The van der Waals surface area contributed by atoms with Crippen molar-refractivity contribution in [3.63, 3.8) is 0 Å². The molecule has 0 aromatic heterocycles. The molecule has 0 fully saturated rings. The van der Waals surface area contributed by atoms with Crippen molar-refractivity contribution in [1.29, 1.82) is 0 Å². The molecule has 0 bridgehead atoms. The van der Waals surface area contributed by atoms with Gasteiger partial charge in [0.05, 0.1) is 27.9 Å². The Morgan fingerprint density at radius 2 is 1.59 bits per heavy atom. The molecule has 1 heterocycles. The number of rotatable bonds is 10. The van der Waals surface area contributed by atoms with Gasteiger partial charge in [0.1, 0.15) is 12.3 Å². The minimum absolute atomic E-state index is 0.183. The van der Waals surface area contributed by atoms with Gasteiger partial charge < -0.3 is 29.0 Å². The van der Waals surface area contributed by atoms with E-state index in [1.807, 2.05) is 30.3 Å². The van der Waals surface area contributed by atoms with E-state index in [0.29, 0.717) is 0 Å². The summed E-state index contributed by atoms with van der Waals surface area (Å²) in [6.45, 7) is 2.09. The highest BCUT2D eigenvalue weighted by molar-refractivity contribution is 5.49. The quantitative estimate of drug-likeness (QED) is 0.491. The van der Waals surface area contributed by atoms with Crippen LogP contribution in [0.1, 0.15) is 29.0 Å². The molecule has 2 N–H and O–H groups in total. The van der Waals surface area contributed by atoms with E-state index in [1.165, 1.54) is 16.7 Å². The van der Waals surface area contributed by atoms with Gasteiger partial charge in [-0.1, -0.05) is 24.3 Å². The van der Waals surface area contributed by atoms with Crippen molar-refractivity contribution in [1.82, 2.24) is 0 Å². The fourth-order valence-corrected chi connectivity index (χ4v) is 4.15. The molecule has 1 atom stereocenters. The summed E-state index contributed by atoms with van der Waals surface area (Å²) in [7, 11) is 5.03. The van der Waals surface area contributed by atoms with Crippen LogP contribution in [0, 0.1) is 0 Å². The van der Waals surface area contributed by atoms with Gasteiger partial charge >= 0.3 is 0 Å². The van der Waals surface area contributed by atoms with Crippen LogP contribution < -0.4 is 29.0 Å². The largest absolute Gasteiger partial charge is 0.496 e. The lowest BCUT2D eigenvalue weighted by molar-refractivity contribution is -0.671. The monoisotopic (exact) mass is 436 g/mol. The maximum atomic E-state index is 5.67. The number of fused-ring (bicyclic) bond motifs is 1. The number of hydrogen-bond donors (Lipinski definition) is 1. The number of para-hydroxylation sites is 1. The average Bonchev–Trinajstić information content (AvgIpc) is 3.32. The first-order valence-electron chi connectivity index (χ1n) is 10.8. The molecule has 0 spiro atoms. The van der Waals surface area contributed by atoms with Gasteiger partial charge in [-0.2, -0.15) is 0 Å². The summed E-state index contributed by atoms with van der Waals surface area (Å²) in [5.41, 5.74) is 3.56. The number of nitrogens with two attached hydrogens (primary N) is 1. The lowest BCUT2D eigenvalue weighted by atomic mass is 9.87. The molecule has 1 aliphatic heterocycles. The third-order valence-corrected chi connectivity index (χ3v) is 5.80. The number of ether oxygens (including phenoxy) is 5. The van der Waals surface area contributed by atoms with Crippen molar-refractivity contribution in [3.8, 4) is 28.7 Å². The summed E-state index contributed by atoms with van der Waals surface area (Å²) in [5.74, 6) is 4.18. The van der Waals surface area contributed by atoms with Crippen molar-refractivity contribution in [2.24, 2.45) is 0 Å². The summed E-state index contributed by atoms with van der Waals surface area (Å²) in [6.07, 6.45) is 0.952. The number of hydrogen-bond acceptors (Lipinski definition) is 5. The molecule has 3 aromatic carbocycles. The zero-order valence-corrected chi connectivity index (χ0v) is 18.8. The minimum Gasteiger partial charge on any atom is -0.496 e. The molecule has 0 amide bonds. The molecule has 6 nitrogen and oxygen atoms in total. The Kier molecular flexibility index (Phi) is 7.02. The fraction of sp³-hybridized carbons (Fsp3) is 0.308. The standard InChI is InChI=1S/C26H29NO5/c1-28-22-7-5-4-6-21(22)20(19-9-11-24-26(15-19)32-17-31-24)12-13-27-16-18-8-10-23(29-2)25(14-18)30-3/h4-11,14-15,20,27H,12-13,16-17H2,1-3H3/p+1/t20-/m1/s1. The molecule has 6 heteroatoms. The van der Waals surface area contributed by atoms with Crippen molar-refractivity contribution in [3.05, 3.63) is 77.4 Å². The number of quaternary nitrogens is 1. The van der Waals surface area contributed by atoms with Crippen molar-refractivity contribution < 1.29 is 29.0 Å². The van der Waals surface area contributed by atoms with Gasteiger partial charge in [0.25, 0.3) is 0 Å². The third kappa shape index (κ3) is 4.75. The second-order valence-corrected chi connectivity index (χ2v) is 7.67. The molecular weight excluding hydrogens is 406 g/mol. The topological polar surface area (TPSA) is 62.8 Å². The maximum Gasteiger partial charge on any atom is 0.231 e. The van der Waals surface area contributed by atoms with Crippen LogP contribution in [-0.4, -0.2) is 34.7 Å². The first kappa shape index (κ1) is 21.8. The van der Waals surface area contributed by atoms with Crippen LogP contribution in [-0.2, 0) is 6.54 Å². The maximum absolute atomic E-state index is 5.67. The Hall–Kier alpha value is -3.38. The SMILES string of the molecule is COc1ccc(C[NH2+]CC[C@H](c2ccc3c(c2)OCO3)c2ccccc2OC)cc1OC. The summed E-state index contributed by atoms with van der Waals surface area (Å²) in [4.78, 5) is 0. The van der Waals surface area contributed by atoms with Gasteiger partial charge in [0, 0.05) is 23.5 Å². The van der Waals surface area contributed by atoms with Gasteiger partial charge in [0.15, 0.2) is 23.0 Å². The van der Waals surface area contributed by atoms with E-state index in [2.05, 4.69) is 35.6 Å².